The number of imide groups is 1. The molecular weight excluding hydrogens is 384 g/mol. The Morgan fingerprint density at radius 2 is 1.67 bits per heavy atom. The van der Waals surface area contributed by atoms with E-state index in [1.54, 1.807) is 32.9 Å². The van der Waals surface area contributed by atoms with E-state index in [0.29, 0.717) is 5.75 Å². The molecule has 0 aromatic heterocycles. The molecule has 2 aromatic carbocycles. The normalized spacial score (nSPS) is 16.9. The van der Waals surface area contributed by atoms with Crippen molar-refractivity contribution >= 4 is 17.9 Å². The van der Waals surface area contributed by atoms with Crippen molar-refractivity contribution in [2.75, 3.05) is 0 Å². The summed E-state index contributed by atoms with van der Waals surface area (Å²) in [5.41, 5.74) is 0.121. The number of para-hydroxylation sites is 1. The van der Waals surface area contributed by atoms with Gasteiger partial charge in [-0.2, -0.15) is 0 Å². The van der Waals surface area contributed by atoms with E-state index in [2.05, 4.69) is 5.32 Å². The number of rotatable bonds is 5. The van der Waals surface area contributed by atoms with Crippen LogP contribution in [0.2, 0.25) is 0 Å². The monoisotopic (exact) mass is 410 g/mol. The first kappa shape index (κ1) is 21.4. The average molecular weight is 410 g/mol. The van der Waals surface area contributed by atoms with Crippen LogP contribution in [-0.2, 0) is 20.9 Å². The van der Waals surface area contributed by atoms with Crippen molar-refractivity contribution in [1.29, 1.82) is 0 Å². The molecule has 0 saturated carbocycles. The maximum atomic E-state index is 12.8. The van der Waals surface area contributed by atoms with Crippen LogP contribution in [0, 0.1) is 0 Å². The molecule has 1 N–H and O–H groups in total. The van der Waals surface area contributed by atoms with E-state index < -0.39 is 23.6 Å². The molecular formula is C23H26N2O5. The fourth-order valence-corrected chi connectivity index (χ4v) is 3.06. The Bertz CT molecular complexity index is 903. The number of amides is 3. The molecule has 1 aliphatic rings. The van der Waals surface area contributed by atoms with Crippen LogP contribution < -0.4 is 10.1 Å². The van der Waals surface area contributed by atoms with Crippen molar-refractivity contribution in [3.05, 3.63) is 60.2 Å². The van der Waals surface area contributed by atoms with E-state index >= 15 is 0 Å². The van der Waals surface area contributed by atoms with Gasteiger partial charge < -0.3 is 14.8 Å². The summed E-state index contributed by atoms with van der Waals surface area (Å²) in [5.74, 6) is 0.696. The number of nitrogens with zero attached hydrogens (tertiary/aromatic N) is 1. The first-order valence-electron chi connectivity index (χ1n) is 9.87. The van der Waals surface area contributed by atoms with Crippen LogP contribution in [-0.4, -0.2) is 34.5 Å². The maximum Gasteiger partial charge on any atom is 0.408 e. The number of benzene rings is 2. The molecule has 3 amide bonds. The Kier molecular flexibility index (Phi) is 6.40. The first-order valence-corrected chi connectivity index (χ1v) is 9.87. The molecule has 1 atom stereocenters. The highest BCUT2D eigenvalue weighted by Crippen LogP contribution is 2.23. The first-order chi connectivity index (χ1) is 14.2. The second-order valence-electron chi connectivity index (χ2n) is 8.11. The number of carbonyl (C=O) groups excluding carboxylic acids is 3. The zero-order valence-electron chi connectivity index (χ0n) is 17.4. The van der Waals surface area contributed by atoms with Gasteiger partial charge in [0.1, 0.15) is 23.1 Å². The number of ether oxygens (including phenoxy) is 2. The van der Waals surface area contributed by atoms with Gasteiger partial charge >= 0.3 is 6.09 Å². The molecule has 3 rings (SSSR count). The topological polar surface area (TPSA) is 84.9 Å². The maximum absolute atomic E-state index is 12.8. The van der Waals surface area contributed by atoms with Crippen molar-refractivity contribution in [2.24, 2.45) is 0 Å². The van der Waals surface area contributed by atoms with Gasteiger partial charge in [0.2, 0.25) is 5.91 Å². The van der Waals surface area contributed by atoms with Crippen molar-refractivity contribution in [3.63, 3.8) is 0 Å². The number of alkyl carbamates (subject to hydrolysis) is 1. The molecule has 1 aliphatic heterocycles. The summed E-state index contributed by atoms with van der Waals surface area (Å²) in [6.07, 6.45) is -0.226. The zero-order chi connectivity index (χ0) is 21.7. The van der Waals surface area contributed by atoms with Crippen LogP contribution in [0.15, 0.2) is 54.6 Å². The van der Waals surface area contributed by atoms with Gasteiger partial charge in [0.15, 0.2) is 0 Å². The van der Waals surface area contributed by atoms with Crippen molar-refractivity contribution < 1.29 is 23.9 Å². The SMILES string of the molecule is CC(C)(C)OC(=O)NC1CCC(=O)N(Cc2ccc(Oc3ccccc3)cc2)C1=O. The summed E-state index contributed by atoms with van der Waals surface area (Å²) in [4.78, 5) is 38.3. The van der Waals surface area contributed by atoms with Gasteiger partial charge in [-0.3, -0.25) is 14.5 Å². The molecule has 1 fully saturated rings. The Hall–Kier alpha value is -3.35. The largest absolute Gasteiger partial charge is 0.457 e. The summed E-state index contributed by atoms with van der Waals surface area (Å²) in [7, 11) is 0. The third-order valence-electron chi connectivity index (χ3n) is 4.45. The summed E-state index contributed by atoms with van der Waals surface area (Å²) in [6, 6.07) is 15.8. The summed E-state index contributed by atoms with van der Waals surface area (Å²) >= 11 is 0. The average Bonchev–Trinajstić information content (AvgIpc) is 2.68. The lowest BCUT2D eigenvalue weighted by atomic mass is 10.0. The number of likely N-dealkylation sites (tertiary alicyclic amines) is 1. The fraction of sp³-hybridized carbons (Fsp3) is 0.348. The highest BCUT2D eigenvalue weighted by Gasteiger charge is 2.36. The molecule has 1 unspecified atom stereocenters. The molecule has 1 heterocycles. The Morgan fingerprint density at radius 1 is 1.03 bits per heavy atom. The van der Waals surface area contributed by atoms with E-state index in [1.807, 2.05) is 42.5 Å². The van der Waals surface area contributed by atoms with Crippen LogP contribution in [0.3, 0.4) is 0 Å². The summed E-state index contributed by atoms with van der Waals surface area (Å²) in [6.45, 7) is 5.37. The van der Waals surface area contributed by atoms with Crippen molar-refractivity contribution in [3.8, 4) is 11.5 Å². The lowest BCUT2D eigenvalue weighted by Gasteiger charge is -2.31. The van der Waals surface area contributed by atoms with E-state index in [4.69, 9.17) is 9.47 Å². The quantitative estimate of drug-likeness (QED) is 0.753. The second kappa shape index (κ2) is 8.98. The Labute approximate surface area is 176 Å². The third kappa shape index (κ3) is 5.83. The zero-order valence-corrected chi connectivity index (χ0v) is 17.4. The highest BCUT2D eigenvalue weighted by molar-refractivity contribution is 6.01. The van der Waals surface area contributed by atoms with Crippen molar-refractivity contribution in [2.45, 2.75) is 51.8 Å². The van der Waals surface area contributed by atoms with Crippen molar-refractivity contribution in [1.82, 2.24) is 10.2 Å². The van der Waals surface area contributed by atoms with Gasteiger partial charge in [0.05, 0.1) is 6.54 Å². The molecule has 30 heavy (non-hydrogen) atoms. The van der Waals surface area contributed by atoms with Gasteiger partial charge in [-0.25, -0.2) is 4.79 Å². The lowest BCUT2D eigenvalue weighted by molar-refractivity contribution is -0.150. The van der Waals surface area contributed by atoms with E-state index in [9.17, 15) is 14.4 Å². The minimum Gasteiger partial charge on any atom is -0.457 e. The predicted octanol–water partition coefficient (Wildman–Crippen LogP) is 4.02. The van der Waals surface area contributed by atoms with Gasteiger partial charge in [-0.1, -0.05) is 30.3 Å². The number of piperidine rings is 1. The predicted molar refractivity (Wildman–Crippen MR) is 111 cm³/mol. The van der Waals surface area contributed by atoms with Crippen LogP contribution in [0.4, 0.5) is 4.79 Å². The molecule has 1 saturated heterocycles. The molecule has 7 heteroatoms. The molecule has 0 spiro atoms. The molecule has 2 aromatic rings. The minimum absolute atomic E-state index is 0.135. The van der Waals surface area contributed by atoms with E-state index in [1.165, 1.54) is 4.90 Å². The highest BCUT2D eigenvalue weighted by atomic mass is 16.6. The van der Waals surface area contributed by atoms with E-state index in [-0.39, 0.29) is 25.3 Å². The van der Waals surface area contributed by atoms with Gasteiger partial charge in [0, 0.05) is 6.42 Å². The standard InChI is InChI=1S/C23H26N2O5/c1-23(2,3)30-22(28)24-19-13-14-20(26)25(21(19)27)15-16-9-11-18(12-10-16)29-17-7-5-4-6-8-17/h4-12,19H,13-15H2,1-3H3,(H,24,28). The Balaban J connectivity index is 1.62. The minimum atomic E-state index is -0.779. The summed E-state index contributed by atoms with van der Waals surface area (Å²) in [5, 5.41) is 2.57. The van der Waals surface area contributed by atoms with Crippen LogP contribution in [0.5, 0.6) is 11.5 Å². The smallest absolute Gasteiger partial charge is 0.408 e. The second-order valence-corrected chi connectivity index (χ2v) is 8.11. The number of nitrogens with one attached hydrogen (secondary N) is 1. The molecule has 0 radical (unpaired) electrons. The number of hydrogen-bond acceptors (Lipinski definition) is 5. The molecule has 7 nitrogen and oxygen atoms in total. The number of carbonyl (C=O) groups is 3. The fourth-order valence-electron chi connectivity index (χ4n) is 3.06. The Morgan fingerprint density at radius 3 is 2.30 bits per heavy atom. The van der Waals surface area contributed by atoms with Crippen LogP contribution >= 0.6 is 0 Å². The van der Waals surface area contributed by atoms with Crippen LogP contribution in [0.25, 0.3) is 0 Å². The lowest BCUT2D eigenvalue weighted by Crippen LogP contribution is -2.54. The number of hydrogen-bond donors (Lipinski definition) is 1. The summed E-state index contributed by atoms with van der Waals surface area (Å²) < 4.78 is 11.0. The van der Waals surface area contributed by atoms with Gasteiger partial charge in [0.25, 0.3) is 5.91 Å². The van der Waals surface area contributed by atoms with Crippen LogP contribution in [0.1, 0.15) is 39.2 Å². The van der Waals surface area contributed by atoms with Gasteiger partial charge in [-0.15, -0.1) is 0 Å². The third-order valence-corrected chi connectivity index (χ3v) is 4.45. The van der Waals surface area contributed by atoms with E-state index in [0.717, 1.165) is 11.3 Å². The molecule has 158 valence electrons. The van der Waals surface area contributed by atoms with Gasteiger partial charge in [-0.05, 0) is 57.0 Å². The molecule has 0 bridgehead atoms. The molecule has 0 aliphatic carbocycles.